The molecule has 0 aliphatic carbocycles. The standard InChI is InChI=1S/C6H10BNO/c1-5-2-3-6(9)8(5)4-7/h5H,2-4H2,1H3/t5-/m0/s1. The predicted octanol–water partition coefficient (Wildman–Crippen LogP) is 0.123. The minimum atomic E-state index is 0.199. The molecular weight excluding hydrogens is 113 g/mol. The van der Waals surface area contributed by atoms with Crippen LogP contribution in [0.2, 0.25) is 0 Å². The van der Waals surface area contributed by atoms with Crippen molar-refractivity contribution in [1.82, 2.24) is 4.90 Å². The third-order valence-corrected chi connectivity index (χ3v) is 1.83. The summed E-state index contributed by atoms with van der Waals surface area (Å²) < 4.78 is 0. The summed E-state index contributed by atoms with van der Waals surface area (Å²) in [6.45, 7) is 2.03. The monoisotopic (exact) mass is 123 g/mol. The summed E-state index contributed by atoms with van der Waals surface area (Å²) in [5.74, 6) is 0.199. The molecule has 0 bridgehead atoms. The number of likely N-dealkylation sites (tertiary alicyclic amines) is 1. The summed E-state index contributed by atoms with van der Waals surface area (Å²) in [7, 11) is 5.32. The summed E-state index contributed by atoms with van der Waals surface area (Å²) in [6.07, 6.45) is 2.02. The van der Waals surface area contributed by atoms with Crippen LogP contribution in [-0.4, -0.2) is 31.1 Å². The van der Waals surface area contributed by atoms with Gasteiger partial charge in [-0.15, -0.1) is 0 Å². The molecule has 48 valence electrons. The van der Waals surface area contributed by atoms with Crippen LogP contribution in [0.3, 0.4) is 0 Å². The largest absolute Gasteiger partial charge is 0.349 e. The molecule has 1 amide bonds. The molecule has 2 nitrogen and oxygen atoms in total. The Morgan fingerprint density at radius 2 is 2.56 bits per heavy atom. The number of carbonyl (C=O) groups is 1. The Hall–Kier alpha value is -0.465. The molecule has 1 heterocycles. The molecule has 0 aromatic carbocycles. The van der Waals surface area contributed by atoms with Crippen molar-refractivity contribution in [2.24, 2.45) is 0 Å². The molecule has 2 radical (unpaired) electrons. The lowest BCUT2D eigenvalue weighted by molar-refractivity contribution is -0.127. The van der Waals surface area contributed by atoms with E-state index in [1.165, 1.54) is 0 Å². The van der Waals surface area contributed by atoms with Crippen molar-refractivity contribution in [3.63, 3.8) is 0 Å². The van der Waals surface area contributed by atoms with Gasteiger partial charge in [0, 0.05) is 12.5 Å². The van der Waals surface area contributed by atoms with Gasteiger partial charge in [-0.2, -0.15) is 0 Å². The smallest absolute Gasteiger partial charge is 0.222 e. The molecule has 9 heavy (non-hydrogen) atoms. The highest BCUT2D eigenvalue weighted by Gasteiger charge is 2.24. The van der Waals surface area contributed by atoms with E-state index in [0.29, 0.717) is 18.9 Å². The van der Waals surface area contributed by atoms with Gasteiger partial charge >= 0.3 is 0 Å². The summed E-state index contributed by atoms with van der Waals surface area (Å²) in [6, 6.07) is 0.363. The van der Waals surface area contributed by atoms with E-state index in [1.807, 2.05) is 6.92 Å². The van der Waals surface area contributed by atoms with Gasteiger partial charge in [-0.05, 0) is 19.8 Å². The summed E-state index contributed by atoms with van der Waals surface area (Å²) in [5, 5.41) is 0. The molecule has 0 aromatic heterocycles. The SMILES string of the molecule is [B]CN1C(=O)CC[C@@H]1C. The molecule has 0 aromatic rings. The van der Waals surface area contributed by atoms with E-state index in [-0.39, 0.29) is 5.91 Å². The lowest BCUT2D eigenvalue weighted by Gasteiger charge is -2.18. The zero-order chi connectivity index (χ0) is 6.85. The summed E-state index contributed by atoms with van der Waals surface area (Å²) in [4.78, 5) is 12.6. The van der Waals surface area contributed by atoms with E-state index in [4.69, 9.17) is 7.85 Å². The number of amides is 1. The number of hydrogen-bond donors (Lipinski definition) is 0. The van der Waals surface area contributed by atoms with Crippen molar-refractivity contribution in [3.8, 4) is 0 Å². The fourth-order valence-corrected chi connectivity index (χ4v) is 1.16. The molecule has 1 fully saturated rings. The highest BCUT2D eigenvalue weighted by atomic mass is 16.2. The van der Waals surface area contributed by atoms with E-state index in [9.17, 15) is 4.79 Å². The highest BCUT2D eigenvalue weighted by Crippen LogP contribution is 2.15. The minimum absolute atomic E-state index is 0.199. The number of carbonyl (C=O) groups excluding carboxylic acids is 1. The van der Waals surface area contributed by atoms with Gasteiger partial charge < -0.3 is 4.90 Å². The van der Waals surface area contributed by atoms with Crippen LogP contribution in [0.1, 0.15) is 19.8 Å². The average molecular weight is 123 g/mol. The van der Waals surface area contributed by atoms with Crippen molar-refractivity contribution < 1.29 is 4.79 Å². The van der Waals surface area contributed by atoms with E-state index in [2.05, 4.69) is 0 Å². The maximum Gasteiger partial charge on any atom is 0.222 e. The van der Waals surface area contributed by atoms with Gasteiger partial charge in [0.25, 0.3) is 0 Å². The van der Waals surface area contributed by atoms with Crippen molar-refractivity contribution in [2.45, 2.75) is 25.8 Å². The van der Waals surface area contributed by atoms with E-state index in [1.54, 1.807) is 4.90 Å². The summed E-state index contributed by atoms with van der Waals surface area (Å²) >= 11 is 0. The highest BCUT2D eigenvalue weighted by molar-refractivity contribution is 6.10. The second-order valence-corrected chi connectivity index (χ2v) is 2.43. The first kappa shape index (κ1) is 6.65. The first-order valence-corrected chi connectivity index (χ1v) is 3.25. The Morgan fingerprint density at radius 1 is 1.89 bits per heavy atom. The molecule has 1 atom stereocenters. The molecular formula is C6H10BNO. The zero-order valence-electron chi connectivity index (χ0n) is 5.63. The molecule has 3 heteroatoms. The number of hydrogen-bond acceptors (Lipinski definition) is 1. The minimum Gasteiger partial charge on any atom is -0.349 e. The average Bonchev–Trinajstić information content (AvgIpc) is 2.12. The molecule has 1 aliphatic rings. The molecule has 1 aliphatic heterocycles. The van der Waals surface area contributed by atoms with Crippen LogP contribution < -0.4 is 0 Å². The van der Waals surface area contributed by atoms with Gasteiger partial charge in [0.2, 0.25) is 5.91 Å². The Morgan fingerprint density at radius 3 is 2.78 bits per heavy atom. The topological polar surface area (TPSA) is 20.3 Å². The van der Waals surface area contributed by atoms with Gasteiger partial charge in [-0.3, -0.25) is 4.79 Å². The molecule has 0 N–H and O–H groups in total. The Labute approximate surface area is 56.6 Å². The zero-order valence-corrected chi connectivity index (χ0v) is 5.63. The van der Waals surface area contributed by atoms with Crippen LogP contribution in [0, 0.1) is 0 Å². The maximum absolute atomic E-state index is 10.9. The molecule has 1 saturated heterocycles. The van der Waals surface area contributed by atoms with Crippen LogP contribution >= 0.6 is 0 Å². The van der Waals surface area contributed by atoms with E-state index < -0.39 is 0 Å². The fraction of sp³-hybridized carbons (Fsp3) is 0.833. The Kier molecular flexibility index (Phi) is 1.79. The van der Waals surface area contributed by atoms with Gasteiger partial charge in [0.1, 0.15) is 0 Å². The second kappa shape index (κ2) is 2.42. The Bertz CT molecular complexity index is 126. The first-order chi connectivity index (χ1) is 4.25. The van der Waals surface area contributed by atoms with Crippen LogP contribution in [0.25, 0.3) is 0 Å². The van der Waals surface area contributed by atoms with Gasteiger partial charge in [-0.25, -0.2) is 0 Å². The van der Waals surface area contributed by atoms with Crippen LogP contribution in [0.15, 0.2) is 0 Å². The van der Waals surface area contributed by atoms with Crippen LogP contribution in [0.4, 0.5) is 0 Å². The normalized spacial score (nSPS) is 27.4. The molecule has 1 rings (SSSR count). The van der Waals surface area contributed by atoms with Crippen molar-refractivity contribution in [3.05, 3.63) is 0 Å². The number of nitrogens with zero attached hydrogens (tertiary/aromatic N) is 1. The van der Waals surface area contributed by atoms with Gasteiger partial charge in [0.15, 0.2) is 0 Å². The van der Waals surface area contributed by atoms with E-state index >= 15 is 0 Å². The summed E-state index contributed by atoms with van der Waals surface area (Å²) in [5.41, 5.74) is 0. The van der Waals surface area contributed by atoms with Crippen molar-refractivity contribution >= 4 is 13.8 Å². The van der Waals surface area contributed by atoms with Gasteiger partial charge in [0.05, 0.1) is 7.85 Å². The molecule has 0 saturated carbocycles. The quantitative estimate of drug-likeness (QED) is 0.453. The third-order valence-electron chi connectivity index (χ3n) is 1.83. The third kappa shape index (κ3) is 1.09. The molecule has 0 unspecified atom stereocenters. The van der Waals surface area contributed by atoms with Crippen LogP contribution in [-0.2, 0) is 4.79 Å². The first-order valence-electron chi connectivity index (χ1n) is 3.25. The van der Waals surface area contributed by atoms with E-state index in [0.717, 1.165) is 6.42 Å². The van der Waals surface area contributed by atoms with Crippen LogP contribution in [0.5, 0.6) is 0 Å². The molecule has 0 spiro atoms. The predicted molar refractivity (Wildman–Crippen MR) is 36.2 cm³/mol. The number of rotatable bonds is 1. The van der Waals surface area contributed by atoms with Crippen molar-refractivity contribution in [2.75, 3.05) is 6.44 Å². The second-order valence-electron chi connectivity index (χ2n) is 2.43. The maximum atomic E-state index is 10.9. The fourth-order valence-electron chi connectivity index (χ4n) is 1.16. The lowest BCUT2D eigenvalue weighted by Crippen LogP contribution is -2.31. The van der Waals surface area contributed by atoms with Crippen molar-refractivity contribution in [1.29, 1.82) is 0 Å². The van der Waals surface area contributed by atoms with Gasteiger partial charge in [-0.1, -0.05) is 0 Å². The lowest BCUT2D eigenvalue weighted by atomic mass is 10.1. The Balaban J connectivity index is 2.55.